The standard InChI is InChI=1S/C10H16N4/c1-2-6-14-10(8-12-13-14)9-4-3-5-11-7-9/h4,8,11H,2-3,5-7H2,1H3. The molecule has 14 heavy (non-hydrogen) atoms. The number of rotatable bonds is 3. The van der Waals surface area contributed by atoms with Gasteiger partial charge >= 0.3 is 0 Å². The maximum Gasteiger partial charge on any atom is 0.0854 e. The van der Waals surface area contributed by atoms with Crippen LogP contribution in [0.1, 0.15) is 25.5 Å². The summed E-state index contributed by atoms with van der Waals surface area (Å²) in [5, 5.41) is 11.4. The number of nitrogens with zero attached hydrogens (tertiary/aromatic N) is 3. The first kappa shape index (κ1) is 9.40. The van der Waals surface area contributed by atoms with E-state index in [9.17, 15) is 0 Å². The van der Waals surface area contributed by atoms with Crippen molar-refractivity contribution in [1.82, 2.24) is 20.3 Å². The average molecular weight is 192 g/mol. The number of aryl methyl sites for hydroxylation is 1. The molecule has 4 nitrogen and oxygen atoms in total. The quantitative estimate of drug-likeness (QED) is 0.778. The Kier molecular flexibility index (Phi) is 2.93. The Balaban J connectivity index is 2.21. The molecule has 0 amide bonds. The van der Waals surface area contributed by atoms with E-state index in [-0.39, 0.29) is 0 Å². The molecule has 0 saturated heterocycles. The fourth-order valence-electron chi connectivity index (χ4n) is 1.72. The Morgan fingerprint density at radius 3 is 3.21 bits per heavy atom. The molecule has 76 valence electrons. The molecule has 1 aliphatic heterocycles. The molecule has 1 aliphatic rings. The Labute approximate surface area is 84.0 Å². The van der Waals surface area contributed by atoms with Crippen LogP contribution in [-0.2, 0) is 6.54 Å². The summed E-state index contributed by atoms with van der Waals surface area (Å²) >= 11 is 0. The minimum Gasteiger partial charge on any atom is -0.312 e. The Morgan fingerprint density at radius 1 is 1.57 bits per heavy atom. The summed E-state index contributed by atoms with van der Waals surface area (Å²) in [6.07, 6.45) is 6.33. The number of nitrogens with one attached hydrogen (secondary N) is 1. The fraction of sp³-hybridized carbons (Fsp3) is 0.600. The van der Waals surface area contributed by atoms with Crippen molar-refractivity contribution in [2.24, 2.45) is 0 Å². The van der Waals surface area contributed by atoms with Gasteiger partial charge in [0.05, 0.1) is 11.9 Å². The molecule has 0 spiro atoms. The largest absolute Gasteiger partial charge is 0.312 e. The second-order valence-corrected chi connectivity index (χ2v) is 3.54. The van der Waals surface area contributed by atoms with Crippen LogP contribution >= 0.6 is 0 Å². The normalized spacial score (nSPS) is 16.8. The Hall–Kier alpha value is -1.16. The SMILES string of the molecule is CCCn1nncc1C1=CCCNC1. The predicted octanol–water partition coefficient (Wildman–Crippen LogP) is 1.06. The monoisotopic (exact) mass is 192 g/mol. The second kappa shape index (κ2) is 4.37. The molecule has 4 heteroatoms. The molecule has 0 radical (unpaired) electrons. The summed E-state index contributed by atoms with van der Waals surface area (Å²) in [6, 6.07) is 0. The summed E-state index contributed by atoms with van der Waals surface area (Å²) in [5.41, 5.74) is 2.49. The van der Waals surface area contributed by atoms with Gasteiger partial charge in [-0.3, -0.25) is 0 Å². The van der Waals surface area contributed by atoms with Gasteiger partial charge in [0, 0.05) is 13.1 Å². The topological polar surface area (TPSA) is 42.7 Å². The van der Waals surface area contributed by atoms with Crippen molar-refractivity contribution in [1.29, 1.82) is 0 Å². The third kappa shape index (κ3) is 1.85. The fourth-order valence-corrected chi connectivity index (χ4v) is 1.72. The minimum absolute atomic E-state index is 0.942. The van der Waals surface area contributed by atoms with E-state index >= 15 is 0 Å². The maximum atomic E-state index is 4.08. The maximum absolute atomic E-state index is 4.08. The first-order valence-electron chi connectivity index (χ1n) is 5.20. The van der Waals surface area contributed by atoms with Crippen molar-refractivity contribution in [3.8, 4) is 0 Å². The van der Waals surface area contributed by atoms with Crippen LogP contribution in [0.25, 0.3) is 5.57 Å². The van der Waals surface area contributed by atoms with Gasteiger partial charge < -0.3 is 5.32 Å². The van der Waals surface area contributed by atoms with Crippen molar-refractivity contribution >= 4 is 5.57 Å². The molecule has 0 fully saturated rings. The van der Waals surface area contributed by atoms with Crippen molar-refractivity contribution in [2.75, 3.05) is 13.1 Å². The first-order valence-corrected chi connectivity index (χ1v) is 5.20. The zero-order valence-corrected chi connectivity index (χ0v) is 8.53. The molecular formula is C10H16N4. The van der Waals surface area contributed by atoms with E-state index in [0.717, 1.165) is 32.5 Å². The predicted molar refractivity (Wildman–Crippen MR) is 55.8 cm³/mol. The molecule has 0 unspecified atom stereocenters. The van der Waals surface area contributed by atoms with Crippen LogP contribution in [0.2, 0.25) is 0 Å². The lowest BCUT2D eigenvalue weighted by Crippen LogP contribution is -2.22. The minimum atomic E-state index is 0.942. The molecule has 0 saturated carbocycles. The number of hydrogen-bond donors (Lipinski definition) is 1. The first-order chi connectivity index (χ1) is 6.92. The van der Waals surface area contributed by atoms with Gasteiger partial charge in [-0.15, -0.1) is 5.10 Å². The highest BCUT2D eigenvalue weighted by Crippen LogP contribution is 2.15. The lowest BCUT2D eigenvalue weighted by molar-refractivity contribution is 0.570. The van der Waals surface area contributed by atoms with E-state index < -0.39 is 0 Å². The molecular weight excluding hydrogens is 176 g/mol. The highest BCUT2D eigenvalue weighted by molar-refractivity contribution is 5.64. The molecule has 2 heterocycles. The van der Waals surface area contributed by atoms with Crippen LogP contribution in [0.5, 0.6) is 0 Å². The van der Waals surface area contributed by atoms with Crippen molar-refractivity contribution < 1.29 is 0 Å². The molecule has 0 bridgehead atoms. The van der Waals surface area contributed by atoms with Gasteiger partial charge in [-0.1, -0.05) is 18.2 Å². The van der Waals surface area contributed by atoms with E-state index in [1.165, 1.54) is 11.3 Å². The third-order valence-corrected chi connectivity index (χ3v) is 2.41. The smallest absolute Gasteiger partial charge is 0.0854 e. The number of hydrogen-bond acceptors (Lipinski definition) is 3. The van der Waals surface area contributed by atoms with E-state index in [0.29, 0.717) is 0 Å². The summed E-state index contributed by atoms with van der Waals surface area (Å²) in [4.78, 5) is 0. The Morgan fingerprint density at radius 2 is 2.50 bits per heavy atom. The van der Waals surface area contributed by atoms with Gasteiger partial charge in [0.2, 0.25) is 0 Å². The van der Waals surface area contributed by atoms with Gasteiger partial charge in [-0.2, -0.15) is 0 Å². The van der Waals surface area contributed by atoms with E-state index in [1.54, 1.807) is 0 Å². The second-order valence-electron chi connectivity index (χ2n) is 3.54. The van der Waals surface area contributed by atoms with Gasteiger partial charge in [0.15, 0.2) is 0 Å². The van der Waals surface area contributed by atoms with Crippen LogP contribution in [0.4, 0.5) is 0 Å². The summed E-state index contributed by atoms with van der Waals surface area (Å²) in [5.74, 6) is 0. The van der Waals surface area contributed by atoms with Gasteiger partial charge in [0.1, 0.15) is 0 Å². The Bertz CT molecular complexity index is 327. The summed E-state index contributed by atoms with van der Waals surface area (Å²) in [6.45, 7) is 5.13. The van der Waals surface area contributed by atoms with Crippen molar-refractivity contribution in [3.63, 3.8) is 0 Å². The molecule has 0 atom stereocenters. The highest BCUT2D eigenvalue weighted by Gasteiger charge is 2.10. The van der Waals surface area contributed by atoms with E-state index in [1.807, 2.05) is 10.9 Å². The lowest BCUT2D eigenvalue weighted by Gasteiger charge is -2.14. The summed E-state index contributed by atoms with van der Waals surface area (Å²) < 4.78 is 1.98. The highest BCUT2D eigenvalue weighted by atomic mass is 15.4. The van der Waals surface area contributed by atoms with Crippen molar-refractivity contribution in [3.05, 3.63) is 18.0 Å². The lowest BCUT2D eigenvalue weighted by atomic mass is 10.1. The summed E-state index contributed by atoms with van der Waals surface area (Å²) in [7, 11) is 0. The molecule has 1 aromatic heterocycles. The molecule has 0 aliphatic carbocycles. The van der Waals surface area contributed by atoms with Crippen LogP contribution in [-0.4, -0.2) is 28.1 Å². The van der Waals surface area contributed by atoms with Gasteiger partial charge in [-0.05, 0) is 25.0 Å². The molecule has 1 aromatic rings. The molecule has 1 N–H and O–H groups in total. The van der Waals surface area contributed by atoms with Crippen LogP contribution < -0.4 is 5.32 Å². The van der Waals surface area contributed by atoms with Crippen LogP contribution in [0.3, 0.4) is 0 Å². The van der Waals surface area contributed by atoms with Crippen LogP contribution in [0.15, 0.2) is 12.3 Å². The number of aromatic nitrogens is 3. The van der Waals surface area contributed by atoms with E-state index in [4.69, 9.17) is 0 Å². The third-order valence-electron chi connectivity index (χ3n) is 2.41. The van der Waals surface area contributed by atoms with Gasteiger partial charge in [0.25, 0.3) is 0 Å². The average Bonchev–Trinajstić information content (AvgIpc) is 2.68. The zero-order chi connectivity index (χ0) is 9.80. The van der Waals surface area contributed by atoms with Gasteiger partial charge in [-0.25, -0.2) is 4.68 Å². The van der Waals surface area contributed by atoms with Crippen molar-refractivity contribution in [2.45, 2.75) is 26.3 Å². The zero-order valence-electron chi connectivity index (χ0n) is 8.53. The molecule has 2 rings (SSSR count). The molecule has 0 aromatic carbocycles. The van der Waals surface area contributed by atoms with E-state index in [2.05, 4.69) is 28.6 Å². The van der Waals surface area contributed by atoms with Crippen LogP contribution in [0, 0.1) is 0 Å².